The van der Waals surface area contributed by atoms with Gasteiger partial charge in [-0.2, -0.15) is 0 Å². The van der Waals surface area contributed by atoms with Crippen molar-refractivity contribution in [2.45, 2.75) is 66.4 Å². The van der Waals surface area contributed by atoms with E-state index in [1.54, 1.807) is 0 Å². The number of allylic oxidation sites excluding steroid dienone is 2. The lowest BCUT2D eigenvalue weighted by Gasteiger charge is -2.22. The number of ketones is 1. The van der Waals surface area contributed by atoms with Crippen LogP contribution in [-0.2, 0) is 4.79 Å². The molecule has 2 unspecified atom stereocenters. The summed E-state index contributed by atoms with van der Waals surface area (Å²) in [5.41, 5.74) is 2.06. The number of Topliss-reactive ketones (excluding diaryl/α,β-unsaturated/α-hetero) is 1. The van der Waals surface area contributed by atoms with Gasteiger partial charge in [0.15, 0.2) is 0 Å². The number of aliphatic hydroxyl groups excluding tert-OH is 1. The molecular weight excluding hydrogens is 260 g/mol. The number of carbonyl (C=O) groups is 1. The summed E-state index contributed by atoms with van der Waals surface area (Å²) in [5.74, 6) is 1.36. The summed E-state index contributed by atoms with van der Waals surface area (Å²) in [4.78, 5) is 12.8. The molecule has 0 spiro atoms. The van der Waals surface area contributed by atoms with Crippen LogP contribution < -0.4 is 0 Å². The van der Waals surface area contributed by atoms with Gasteiger partial charge in [-0.05, 0) is 57.4 Å². The highest BCUT2D eigenvalue weighted by molar-refractivity contribution is 5.91. The second kappa shape index (κ2) is 6.08. The van der Waals surface area contributed by atoms with Gasteiger partial charge in [0.25, 0.3) is 0 Å². The van der Waals surface area contributed by atoms with Crippen molar-refractivity contribution in [3.05, 3.63) is 23.3 Å². The topological polar surface area (TPSA) is 37.3 Å². The minimum Gasteiger partial charge on any atom is -0.388 e. The first-order valence-electron chi connectivity index (χ1n) is 8.31. The fourth-order valence-corrected chi connectivity index (χ4v) is 4.37. The van der Waals surface area contributed by atoms with Crippen LogP contribution in [0.5, 0.6) is 0 Å². The van der Waals surface area contributed by atoms with Gasteiger partial charge in [0.1, 0.15) is 5.78 Å². The normalized spacial score (nSPS) is 37.5. The Morgan fingerprint density at radius 2 is 2.10 bits per heavy atom. The predicted octanol–water partition coefficient (Wildman–Crippen LogP) is 4.29. The molecule has 2 nitrogen and oxygen atoms in total. The Bertz CT molecular complexity index is 470. The highest BCUT2D eigenvalue weighted by Crippen LogP contribution is 2.57. The third-order valence-corrected chi connectivity index (χ3v) is 5.81. The van der Waals surface area contributed by atoms with E-state index in [2.05, 4.69) is 26.0 Å². The van der Waals surface area contributed by atoms with Crippen LogP contribution in [0.25, 0.3) is 0 Å². The number of carbonyl (C=O) groups excluding carboxylic acids is 1. The second-order valence-corrected chi connectivity index (χ2v) is 7.61. The largest absolute Gasteiger partial charge is 0.388 e. The van der Waals surface area contributed by atoms with Crippen LogP contribution in [0.4, 0.5) is 0 Å². The molecule has 2 aliphatic carbocycles. The maximum absolute atomic E-state index is 12.8. The molecule has 0 amide bonds. The maximum atomic E-state index is 12.8. The number of aliphatic hydroxyl groups is 1. The summed E-state index contributed by atoms with van der Waals surface area (Å²) >= 11 is 0. The first-order chi connectivity index (χ1) is 9.77. The van der Waals surface area contributed by atoms with E-state index in [1.165, 1.54) is 18.4 Å². The SMILES string of the molecule is CC(C)=CC[C@@H](O)/C(C)=C/C1C(=O)[C@@]2(C)CCC[C@H]2C1C. The highest BCUT2D eigenvalue weighted by Gasteiger charge is 2.56. The van der Waals surface area contributed by atoms with E-state index in [0.717, 1.165) is 12.0 Å². The molecule has 0 radical (unpaired) electrons. The van der Waals surface area contributed by atoms with Crippen molar-refractivity contribution in [1.29, 1.82) is 0 Å². The van der Waals surface area contributed by atoms with Crippen LogP contribution in [-0.4, -0.2) is 17.0 Å². The Balaban J connectivity index is 2.13. The smallest absolute Gasteiger partial charge is 0.146 e. The molecule has 0 saturated heterocycles. The monoisotopic (exact) mass is 290 g/mol. The Morgan fingerprint density at radius 1 is 1.43 bits per heavy atom. The molecule has 0 aromatic carbocycles. The summed E-state index contributed by atoms with van der Waals surface area (Å²) in [7, 11) is 0. The number of rotatable bonds is 4. The van der Waals surface area contributed by atoms with Gasteiger partial charge < -0.3 is 5.11 Å². The molecule has 2 fully saturated rings. The van der Waals surface area contributed by atoms with Crippen molar-refractivity contribution >= 4 is 5.78 Å². The molecule has 1 N–H and O–H groups in total. The summed E-state index contributed by atoms with van der Waals surface area (Å²) in [6, 6.07) is 0. The predicted molar refractivity (Wildman–Crippen MR) is 86.9 cm³/mol. The average Bonchev–Trinajstić information content (AvgIpc) is 2.89. The van der Waals surface area contributed by atoms with Crippen LogP contribution >= 0.6 is 0 Å². The molecule has 5 atom stereocenters. The molecule has 21 heavy (non-hydrogen) atoms. The molecule has 2 aliphatic rings. The van der Waals surface area contributed by atoms with Crippen molar-refractivity contribution in [2.24, 2.45) is 23.2 Å². The van der Waals surface area contributed by atoms with E-state index in [0.29, 0.717) is 24.0 Å². The highest BCUT2D eigenvalue weighted by atomic mass is 16.3. The quantitative estimate of drug-likeness (QED) is 0.784. The fourth-order valence-electron chi connectivity index (χ4n) is 4.37. The standard InChI is InChI=1S/C19H30O2/c1-12(2)8-9-17(20)13(3)11-15-14(4)16-7-6-10-19(16,5)18(15)21/h8,11,14-17,20H,6-7,9-10H2,1-5H3/b13-11+/t14?,15?,16-,17+,19-/m0/s1. The van der Waals surface area contributed by atoms with Crippen molar-refractivity contribution in [1.82, 2.24) is 0 Å². The zero-order valence-electron chi connectivity index (χ0n) is 14.1. The van der Waals surface area contributed by atoms with Crippen LogP contribution in [0.2, 0.25) is 0 Å². The zero-order valence-corrected chi connectivity index (χ0v) is 14.1. The van der Waals surface area contributed by atoms with E-state index in [9.17, 15) is 9.90 Å². The van der Waals surface area contributed by atoms with E-state index < -0.39 is 6.10 Å². The van der Waals surface area contributed by atoms with Crippen LogP contribution in [0.1, 0.15) is 60.3 Å². The van der Waals surface area contributed by atoms with E-state index in [-0.39, 0.29) is 11.3 Å². The molecular formula is C19H30O2. The van der Waals surface area contributed by atoms with Crippen LogP contribution in [0, 0.1) is 23.2 Å². The minimum atomic E-state index is -0.465. The number of hydrogen-bond donors (Lipinski definition) is 1. The molecule has 2 saturated carbocycles. The van der Waals surface area contributed by atoms with Gasteiger partial charge in [0, 0.05) is 11.3 Å². The molecule has 118 valence electrons. The van der Waals surface area contributed by atoms with Gasteiger partial charge in [0.2, 0.25) is 0 Å². The third-order valence-electron chi connectivity index (χ3n) is 5.81. The number of hydrogen-bond acceptors (Lipinski definition) is 2. The van der Waals surface area contributed by atoms with E-state index >= 15 is 0 Å². The lowest BCUT2D eigenvalue weighted by molar-refractivity contribution is -0.127. The lowest BCUT2D eigenvalue weighted by atomic mass is 9.80. The van der Waals surface area contributed by atoms with Crippen molar-refractivity contribution in [3.63, 3.8) is 0 Å². The molecule has 0 aromatic heterocycles. The van der Waals surface area contributed by atoms with Crippen LogP contribution in [0.3, 0.4) is 0 Å². The lowest BCUT2D eigenvalue weighted by Crippen LogP contribution is -2.26. The van der Waals surface area contributed by atoms with Gasteiger partial charge in [-0.25, -0.2) is 0 Å². The van der Waals surface area contributed by atoms with E-state index in [1.807, 2.05) is 20.8 Å². The Kier molecular flexibility index (Phi) is 4.77. The Morgan fingerprint density at radius 3 is 2.67 bits per heavy atom. The first-order valence-corrected chi connectivity index (χ1v) is 8.31. The minimum absolute atomic E-state index is 0.00153. The van der Waals surface area contributed by atoms with Crippen molar-refractivity contribution < 1.29 is 9.90 Å². The second-order valence-electron chi connectivity index (χ2n) is 7.61. The Hall–Kier alpha value is -0.890. The fraction of sp³-hybridized carbons (Fsp3) is 0.737. The summed E-state index contributed by atoms with van der Waals surface area (Å²) in [6.45, 7) is 10.4. The van der Waals surface area contributed by atoms with Gasteiger partial charge in [0.05, 0.1) is 6.10 Å². The maximum Gasteiger partial charge on any atom is 0.146 e. The molecule has 2 heteroatoms. The summed E-state index contributed by atoms with van der Waals surface area (Å²) in [6.07, 6.45) is 7.71. The molecule has 0 aromatic rings. The van der Waals surface area contributed by atoms with Crippen LogP contribution in [0.15, 0.2) is 23.3 Å². The van der Waals surface area contributed by atoms with Crippen molar-refractivity contribution in [3.8, 4) is 0 Å². The average molecular weight is 290 g/mol. The number of fused-ring (bicyclic) bond motifs is 1. The molecule has 0 heterocycles. The Labute approximate surface area is 129 Å². The summed E-state index contributed by atoms with van der Waals surface area (Å²) < 4.78 is 0. The van der Waals surface area contributed by atoms with E-state index in [4.69, 9.17) is 0 Å². The molecule has 0 aliphatic heterocycles. The molecule has 2 rings (SSSR count). The van der Waals surface area contributed by atoms with Gasteiger partial charge in [-0.3, -0.25) is 4.79 Å². The van der Waals surface area contributed by atoms with Crippen molar-refractivity contribution in [2.75, 3.05) is 0 Å². The third kappa shape index (κ3) is 3.01. The van der Waals surface area contributed by atoms with Gasteiger partial charge >= 0.3 is 0 Å². The first kappa shape index (κ1) is 16.5. The van der Waals surface area contributed by atoms with Gasteiger partial charge in [-0.1, -0.05) is 38.0 Å². The summed E-state index contributed by atoms with van der Waals surface area (Å²) in [5, 5.41) is 10.2. The van der Waals surface area contributed by atoms with Gasteiger partial charge in [-0.15, -0.1) is 0 Å². The zero-order chi connectivity index (χ0) is 15.8. The molecule has 0 bridgehead atoms.